The Balaban J connectivity index is 1.77. The highest BCUT2D eigenvalue weighted by Crippen LogP contribution is 2.24. The summed E-state index contributed by atoms with van der Waals surface area (Å²) in [5.41, 5.74) is 2.05. The van der Waals surface area contributed by atoms with Crippen molar-refractivity contribution in [3.63, 3.8) is 0 Å². The van der Waals surface area contributed by atoms with Crippen molar-refractivity contribution < 1.29 is 9.53 Å². The van der Waals surface area contributed by atoms with Crippen molar-refractivity contribution in [2.45, 2.75) is 13.1 Å². The van der Waals surface area contributed by atoms with E-state index in [1.807, 2.05) is 23.0 Å². The Morgan fingerprint density at radius 2 is 2.18 bits per heavy atom. The quantitative estimate of drug-likeness (QED) is 0.885. The molecule has 22 heavy (non-hydrogen) atoms. The molecule has 0 saturated carbocycles. The molecule has 2 aromatic rings. The number of ether oxygens (including phenoxy) is 1. The van der Waals surface area contributed by atoms with Crippen molar-refractivity contribution in [2.24, 2.45) is 0 Å². The number of amides is 2. The molecule has 2 N–H and O–H groups in total. The van der Waals surface area contributed by atoms with Crippen LogP contribution >= 0.6 is 0 Å². The molecule has 8 heteroatoms. The van der Waals surface area contributed by atoms with Crippen LogP contribution in [0.1, 0.15) is 5.69 Å². The molecule has 3 rings (SSSR count). The zero-order valence-corrected chi connectivity index (χ0v) is 12.5. The number of anilines is 2. The summed E-state index contributed by atoms with van der Waals surface area (Å²) in [5.74, 6) is 1.29. The Morgan fingerprint density at radius 1 is 1.32 bits per heavy atom. The fourth-order valence-corrected chi connectivity index (χ4v) is 2.42. The van der Waals surface area contributed by atoms with Gasteiger partial charge in [0.1, 0.15) is 5.75 Å². The Kier molecular flexibility index (Phi) is 3.82. The van der Waals surface area contributed by atoms with E-state index < -0.39 is 0 Å². The first-order valence-electron chi connectivity index (χ1n) is 6.99. The molecule has 0 fully saturated rings. The van der Waals surface area contributed by atoms with Crippen LogP contribution in [-0.2, 0) is 13.1 Å². The minimum atomic E-state index is -0.274. The maximum absolute atomic E-state index is 11.3. The van der Waals surface area contributed by atoms with Gasteiger partial charge in [-0.1, -0.05) is 0 Å². The summed E-state index contributed by atoms with van der Waals surface area (Å²) in [7, 11) is 3.20. The maximum atomic E-state index is 11.3. The largest absolute Gasteiger partial charge is 0.495 e. The van der Waals surface area contributed by atoms with Gasteiger partial charge in [-0.05, 0) is 0 Å². The molecular formula is C14H18N6O2. The summed E-state index contributed by atoms with van der Waals surface area (Å²) in [6.45, 7) is 2.28. The second-order valence-corrected chi connectivity index (χ2v) is 4.95. The first-order chi connectivity index (χ1) is 10.7. The van der Waals surface area contributed by atoms with E-state index >= 15 is 0 Å². The molecule has 0 spiro atoms. The van der Waals surface area contributed by atoms with E-state index in [2.05, 4.69) is 25.6 Å². The van der Waals surface area contributed by atoms with Gasteiger partial charge in [-0.2, -0.15) is 5.10 Å². The third-order valence-electron chi connectivity index (χ3n) is 3.57. The maximum Gasteiger partial charge on any atom is 0.320 e. The molecule has 0 aliphatic carbocycles. The number of pyridine rings is 1. The lowest BCUT2D eigenvalue weighted by Crippen LogP contribution is -2.33. The van der Waals surface area contributed by atoms with Crippen molar-refractivity contribution in [1.29, 1.82) is 0 Å². The van der Waals surface area contributed by atoms with Crippen molar-refractivity contribution in [2.75, 3.05) is 30.9 Å². The highest BCUT2D eigenvalue weighted by atomic mass is 16.5. The monoisotopic (exact) mass is 302 g/mol. The molecule has 0 unspecified atom stereocenters. The number of nitrogens with zero attached hydrogens (tertiary/aromatic N) is 4. The lowest BCUT2D eigenvalue weighted by molar-refractivity contribution is 0.254. The van der Waals surface area contributed by atoms with Crippen LogP contribution < -0.4 is 20.3 Å². The molecule has 116 valence electrons. The highest BCUT2D eigenvalue weighted by Gasteiger charge is 2.19. The molecule has 0 aromatic carbocycles. The number of rotatable bonds is 3. The number of fused-ring (bicyclic) bond motifs is 1. The van der Waals surface area contributed by atoms with Crippen LogP contribution in [0, 0.1) is 0 Å². The van der Waals surface area contributed by atoms with Gasteiger partial charge in [0, 0.05) is 25.7 Å². The molecule has 2 aromatic heterocycles. The molecule has 2 amide bonds. The van der Waals surface area contributed by atoms with E-state index in [4.69, 9.17) is 4.74 Å². The van der Waals surface area contributed by atoms with E-state index in [1.165, 1.54) is 0 Å². The van der Waals surface area contributed by atoms with Crippen LogP contribution in [0.3, 0.4) is 0 Å². The van der Waals surface area contributed by atoms with Gasteiger partial charge < -0.3 is 15.0 Å². The molecule has 0 saturated heterocycles. The number of urea groups is 1. The lowest BCUT2D eigenvalue weighted by Gasteiger charge is -2.29. The molecule has 0 radical (unpaired) electrons. The summed E-state index contributed by atoms with van der Waals surface area (Å²) in [6.07, 6.45) is 3.50. The van der Waals surface area contributed by atoms with Gasteiger partial charge in [0.05, 0.1) is 44.0 Å². The van der Waals surface area contributed by atoms with E-state index in [9.17, 15) is 4.79 Å². The number of hydrogen-bond acceptors (Lipinski definition) is 5. The zero-order chi connectivity index (χ0) is 15.5. The smallest absolute Gasteiger partial charge is 0.320 e. The minimum Gasteiger partial charge on any atom is -0.495 e. The van der Waals surface area contributed by atoms with Gasteiger partial charge in [0.15, 0.2) is 5.82 Å². The average Bonchev–Trinajstić information content (AvgIpc) is 2.95. The van der Waals surface area contributed by atoms with Crippen LogP contribution in [-0.4, -0.2) is 41.5 Å². The van der Waals surface area contributed by atoms with Crippen molar-refractivity contribution in [3.8, 4) is 5.75 Å². The number of aromatic nitrogens is 3. The number of hydrogen-bond donors (Lipinski definition) is 2. The molecular weight excluding hydrogens is 284 g/mol. The Hall–Kier alpha value is -2.77. The number of methoxy groups -OCH3 is 1. The van der Waals surface area contributed by atoms with Gasteiger partial charge in [-0.15, -0.1) is 0 Å². The Morgan fingerprint density at radius 3 is 2.95 bits per heavy atom. The molecule has 1 aliphatic heterocycles. The van der Waals surface area contributed by atoms with Gasteiger partial charge in [-0.3, -0.25) is 15.0 Å². The third kappa shape index (κ3) is 2.80. The van der Waals surface area contributed by atoms with Gasteiger partial charge in [0.2, 0.25) is 0 Å². The van der Waals surface area contributed by atoms with E-state index in [1.54, 1.807) is 20.4 Å². The molecule has 3 heterocycles. The van der Waals surface area contributed by atoms with Crippen LogP contribution in [0.4, 0.5) is 16.3 Å². The van der Waals surface area contributed by atoms with E-state index in [-0.39, 0.29) is 6.03 Å². The second kappa shape index (κ2) is 5.92. The van der Waals surface area contributed by atoms with E-state index in [0.717, 1.165) is 30.2 Å². The predicted molar refractivity (Wildman–Crippen MR) is 82.1 cm³/mol. The number of nitrogens with one attached hydrogen (secondary N) is 2. The fourth-order valence-electron chi connectivity index (χ4n) is 2.42. The van der Waals surface area contributed by atoms with Crippen LogP contribution in [0.2, 0.25) is 0 Å². The number of carbonyl (C=O) groups is 1. The fraction of sp³-hybridized carbons (Fsp3) is 0.357. The normalized spacial score (nSPS) is 13.5. The molecule has 0 atom stereocenters. The topological polar surface area (TPSA) is 84.3 Å². The van der Waals surface area contributed by atoms with Crippen molar-refractivity contribution in [3.05, 3.63) is 30.2 Å². The SMILES string of the molecule is CNC(=O)Nc1cc2n(n1)CCN(c1cncc(OC)c1)C2. The van der Waals surface area contributed by atoms with Crippen LogP contribution in [0.25, 0.3) is 0 Å². The third-order valence-corrected chi connectivity index (χ3v) is 3.57. The summed E-state index contributed by atoms with van der Waals surface area (Å²) in [4.78, 5) is 17.7. The van der Waals surface area contributed by atoms with E-state index in [0.29, 0.717) is 12.4 Å². The molecule has 1 aliphatic rings. The summed E-state index contributed by atoms with van der Waals surface area (Å²) >= 11 is 0. The Labute approximate surface area is 128 Å². The highest BCUT2D eigenvalue weighted by molar-refractivity contribution is 5.87. The first-order valence-corrected chi connectivity index (χ1v) is 6.99. The van der Waals surface area contributed by atoms with Crippen LogP contribution in [0.15, 0.2) is 24.5 Å². The standard InChI is InChI=1S/C14H18N6O2/c1-15-14(21)17-13-6-11-9-19(3-4-20(11)18-13)10-5-12(22-2)8-16-7-10/h5-8H,3-4,9H2,1-2H3,(H2,15,17,18,21). The first kappa shape index (κ1) is 14.2. The average molecular weight is 302 g/mol. The Bertz CT molecular complexity index is 684. The number of carbonyl (C=O) groups excluding carboxylic acids is 1. The van der Waals surface area contributed by atoms with Gasteiger partial charge in [-0.25, -0.2) is 4.79 Å². The van der Waals surface area contributed by atoms with Crippen LogP contribution in [0.5, 0.6) is 5.75 Å². The summed E-state index contributed by atoms with van der Waals surface area (Å²) in [5, 5.41) is 9.58. The zero-order valence-electron chi connectivity index (χ0n) is 12.5. The predicted octanol–water partition coefficient (Wildman–Crippen LogP) is 1.06. The summed E-state index contributed by atoms with van der Waals surface area (Å²) < 4.78 is 7.13. The molecule has 8 nitrogen and oxygen atoms in total. The van der Waals surface area contributed by atoms with Gasteiger partial charge in [0.25, 0.3) is 0 Å². The molecule has 0 bridgehead atoms. The lowest BCUT2D eigenvalue weighted by atomic mass is 10.2. The minimum absolute atomic E-state index is 0.274. The van der Waals surface area contributed by atoms with Gasteiger partial charge >= 0.3 is 6.03 Å². The second-order valence-electron chi connectivity index (χ2n) is 4.95. The van der Waals surface area contributed by atoms with Crippen molar-refractivity contribution >= 4 is 17.5 Å². The summed E-state index contributed by atoms with van der Waals surface area (Å²) in [6, 6.07) is 3.57. The van der Waals surface area contributed by atoms with Crippen molar-refractivity contribution in [1.82, 2.24) is 20.1 Å².